The molecule has 0 fully saturated rings. The van der Waals surface area contributed by atoms with E-state index in [1.54, 1.807) is 0 Å². The molecule has 1 heterocycles. The second kappa shape index (κ2) is 10.0. The largest absolute Gasteiger partial charge is 0.356 e. The lowest BCUT2D eigenvalue weighted by molar-refractivity contribution is -0.120. The molecular weight excluding hydrogens is 360 g/mol. The van der Waals surface area contributed by atoms with E-state index in [-0.39, 0.29) is 5.91 Å². The van der Waals surface area contributed by atoms with Gasteiger partial charge in [-0.1, -0.05) is 48.5 Å². The van der Waals surface area contributed by atoms with Gasteiger partial charge in [0, 0.05) is 24.3 Å². The van der Waals surface area contributed by atoms with Gasteiger partial charge in [-0.25, -0.2) is 4.68 Å². The lowest BCUT2D eigenvalue weighted by Crippen LogP contribution is -2.29. The van der Waals surface area contributed by atoms with Crippen LogP contribution in [0.5, 0.6) is 0 Å². The van der Waals surface area contributed by atoms with Crippen LogP contribution < -0.4 is 5.32 Å². The van der Waals surface area contributed by atoms with Crippen LogP contribution in [-0.2, 0) is 17.8 Å². The van der Waals surface area contributed by atoms with E-state index < -0.39 is 0 Å². The second-order valence-corrected chi connectivity index (χ2v) is 7.50. The highest BCUT2D eigenvalue weighted by Crippen LogP contribution is 2.18. The number of amides is 1. The topological polar surface area (TPSA) is 50.2 Å². The summed E-state index contributed by atoms with van der Waals surface area (Å²) in [7, 11) is 2.11. The molecule has 5 nitrogen and oxygen atoms in total. The molecule has 0 aliphatic carbocycles. The Balaban J connectivity index is 1.46. The molecule has 1 N–H and O–H groups in total. The monoisotopic (exact) mass is 390 g/mol. The van der Waals surface area contributed by atoms with E-state index in [4.69, 9.17) is 0 Å². The number of benzene rings is 2. The average Bonchev–Trinajstić information content (AvgIpc) is 3.01. The van der Waals surface area contributed by atoms with Crippen molar-refractivity contribution in [1.82, 2.24) is 20.0 Å². The summed E-state index contributed by atoms with van der Waals surface area (Å²) in [6.07, 6.45) is 1.29. The molecule has 3 rings (SSSR count). The van der Waals surface area contributed by atoms with Crippen LogP contribution in [0.2, 0.25) is 0 Å². The average molecular weight is 391 g/mol. The highest BCUT2D eigenvalue weighted by atomic mass is 16.1. The third-order valence-electron chi connectivity index (χ3n) is 5.11. The van der Waals surface area contributed by atoms with Crippen molar-refractivity contribution >= 4 is 5.91 Å². The number of aryl methyl sites for hydroxylation is 1. The van der Waals surface area contributed by atoms with Crippen LogP contribution in [0.1, 0.15) is 28.9 Å². The van der Waals surface area contributed by atoms with Crippen LogP contribution in [-0.4, -0.2) is 40.7 Å². The number of aromatic nitrogens is 2. The van der Waals surface area contributed by atoms with Crippen molar-refractivity contribution in [3.8, 4) is 5.69 Å². The number of hydrogen-bond acceptors (Lipinski definition) is 3. The fourth-order valence-corrected chi connectivity index (χ4v) is 3.53. The van der Waals surface area contributed by atoms with E-state index in [0.717, 1.165) is 42.1 Å². The standard InChI is InChI=1S/C24H30N4O/c1-19-23(20(2)28(26-19)22-13-8-5-9-14-22)17-24(29)25-15-10-16-27(3)18-21-11-6-4-7-12-21/h4-9,11-14H,10,15-18H2,1-3H3,(H,25,29). The summed E-state index contributed by atoms with van der Waals surface area (Å²) in [5, 5.41) is 7.67. The summed E-state index contributed by atoms with van der Waals surface area (Å²) in [4.78, 5) is 14.7. The summed E-state index contributed by atoms with van der Waals surface area (Å²) in [5.41, 5.74) is 5.25. The number of rotatable bonds is 9. The Labute approximate surface area is 173 Å². The molecule has 29 heavy (non-hydrogen) atoms. The van der Waals surface area contributed by atoms with Gasteiger partial charge in [0.05, 0.1) is 17.8 Å². The third kappa shape index (κ3) is 5.78. The van der Waals surface area contributed by atoms with Gasteiger partial charge in [-0.05, 0) is 51.6 Å². The Morgan fingerprint density at radius 3 is 2.38 bits per heavy atom. The van der Waals surface area contributed by atoms with Gasteiger partial charge in [0.15, 0.2) is 0 Å². The highest BCUT2D eigenvalue weighted by Gasteiger charge is 2.15. The first-order valence-electron chi connectivity index (χ1n) is 10.1. The van der Waals surface area contributed by atoms with Crippen LogP contribution in [0.15, 0.2) is 60.7 Å². The van der Waals surface area contributed by atoms with Crippen LogP contribution in [0.25, 0.3) is 5.69 Å². The molecule has 0 saturated heterocycles. The number of carbonyl (C=O) groups excluding carboxylic acids is 1. The fourth-order valence-electron chi connectivity index (χ4n) is 3.53. The lowest BCUT2D eigenvalue weighted by atomic mass is 10.1. The van der Waals surface area contributed by atoms with Gasteiger partial charge in [-0.2, -0.15) is 5.10 Å². The Hall–Kier alpha value is -2.92. The first kappa shape index (κ1) is 20.8. The van der Waals surface area contributed by atoms with Gasteiger partial charge in [-0.3, -0.25) is 4.79 Å². The van der Waals surface area contributed by atoms with Crippen LogP contribution >= 0.6 is 0 Å². The molecule has 5 heteroatoms. The first-order chi connectivity index (χ1) is 14.0. The van der Waals surface area contributed by atoms with Crippen molar-refractivity contribution in [3.05, 3.63) is 83.2 Å². The van der Waals surface area contributed by atoms with Gasteiger partial charge in [-0.15, -0.1) is 0 Å². The quantitative estimate of drug-likeness (QED) is 0.567. The van der Waals surface area contributed by atoms with Gasteiger partial charge >= 0.3 is 0 Å². The van der Waals surface area contributed by atoms with Crippen molar-refractivity contribution in [2.75, 3.05) is 20.1 Å². The molecule has 1 aromatic heterocycles. The molecule has 1 amide bonds. The van der Waals surface area contributed by atoms with Gasteiger partial charge in [0.1, 0.15) is 0 Å². The summed E-state index contributed by atoms with van der Waals surface area (Å²) in [5.74, 6) is 0.0505. The summed E-state index contributed by atoms with van der Waals surface area (Å²) < 4.78 is 1.91. The molecule has 0 aliphatic heterocycles. The molecular formula is C24H30N4O. The van der Waals surface area contributed by atoms with E-state index in [1.807, 2.05) is 54.9 Å². The number of nitrogens with zero attached hydrogens (tertiary/aromatic N) is 3. The van der Waals surface area contributed by atoms with E-state index in [0.29, 0.717) is 13.0 Å². The molecule has 0 saturated carbocycles. The molecule has 152 valence electrons. The summed E-state index contributed by atoms with van der Waals surface area (Å²) in [6.45, 7) is 6.54. The van der Waals surface area contributed by atoms with Gasteiger partial charge in [0.2, 0.25) is 5.91 Å². The molecule has 0 aliphatic rings. The summed E-state index contributed by atoms with van der Waals surface area (Å²) >= 11 is 0. The molecule has 0 spiro atoms. The van der Waals surface area contributed by atoms with E-state index in [9.17, 15) is 4.79 Å². The van der Waals surface area contributed by atoms with Crippen LogP contribution in [0.3, 0.4) is 0 Å². The van der Waals surface area contributed by atoms with Crippen molar-refractivity contribution in [2.45, 2.75) is 33.2 Å². The van der Waals surface area contributed by atoms with Crippen molar-refractivity contribution in [3.63, 3.8) is 0 Å². The minimum atomic E-state index is 0.0505. The summed E-state index contributed by atoms with van der Waals surface area (Å²) in [6, 6.07) is 20.5. The normalized spacial score (nSPS) is 11.0. The van der Waals surface area contributed by atoms with Crippen molar-refractivity contribution < 1.29 is 4.79 Å². The lowest BCUT2D eigenvalue weighted by Gasteiger charge is -2.16. The third-order valence-corrected chi connectivity index (χ3v) is 5.11. The molecule has 0 bridgehead atoms. The minimum absolute atomic E-state index is 0.0505. The van der Waals surface area contributed by atoms with E-state index >= 15 is 0 Å². The molecule has 0 unspecified atom stereocenters. The fraction of sp³-hybridized carbons (Fsp3) is 0.333. The van der Waals surface area contributed by atoms with Gasteiger partial charge < -0.3 is 10.2 Å². The zero-order chi connectivity index (χ0) is 20.6. The SMILES string of the molecule is Cc1nn(-c2ccccc2)c(C)c1CC(=O)NCCCN(C)Cc1ccccc1. The van der Waals surface area contributed by atoms with Crippen molar-refractivity contribution in [1.29, 1.82) is 0 Å². The minimum Gasteiger partial charge on any atom is -0.356 e. The predicted octanol–water partition coefficient (Wildman–Crippen LogP) is 3.67. The smallest absolute Gasteiger partial charge is 0.224 e. The zero-order valence-corrected chi connectivity index (χ0v) is 17.6. The number of para-hydroxylation sites is 1. The van der Waals surface area contributed by atoms with Crippen molar-refractivity contribution in [2.24, 2.45) is 0 Å². The Morgan fingerprint density at radius 1 is 1.03 bits per heavy atom. The Kier molecular flexibility index (Phi) is 7.19. The predicted molar refractivity (Wildman–Crippen MR) is 117 cm³/mol. The maximum absolute atomic E-state index is 12.4. The number of nitrogens with one attached hydrogen (secondary N) is 1. The maximum Gasteiger partial charge on any atom is 0.224 e. The molecule has 3 aromatic rings. The van der Waals surface area contributed by atoms with Crippen LogP contribution in [0, 0.1) is 13.8 Å². The zero-order valence-electron chi connectivity index (χ0n) is 17.6. The number of hydrogen-bond donors (Lipinski definition) is 1. The Morgan fingerprint density at radius 2 is 1.69 bits per heavy atom. The van der Waals surface area contributed by atoms with Crippen LogP contribution in [0.4, 0.5) is 0 Å². The molecule has 0 atom stereocenters. The van der Waals surface area contributed by atoms with E-state index in [1.165, 1.54) is 5.56 Å². The highest BCUT2D eigenvalue weighted by molar-refractivity contribution is 5.79. The second-order valence-electron chi connectivity index (χ2n) is 7.50. The van der Waals surface area contributed by atoms with Gasteiger partial charge in [0.25, 0.3) is 0 Å². The molecule has 2 aromatic carbocycles. The number of carbonyl (C=O) groups is 1. The first-order valence-corrected chi connectivity index (χ1v) is 10.1. The Bertz CT molecular complexity index is 919. The van der Waals surface area contributed by atoms with E-state index in [2.05, 4.69) is 46.6 Å². The maximum atomic E-state index is 12.4. The molecule has 0 radical (unpaired) electrons.